The molecule has 0 unspecified atom stereocenters. The van der Waals surface area contributed by atoms with Crippen LogP contribution in [0.15, 0.2) is 109 Å². The van der Waals surface area contributed by atoms with Gasteiger partial charge in [0.1, 0.15) is 0 Å². The number of rotatable bonds is 11. The Morgan fingerprint density at radius 2 is 0.976 bits per heavy atom. The third-order valence-corrected chi connectivity index (χ3v) is 7.49. The number of carbonyl (C=O) groups excluding carboxylic acids is 2. The van der Waals surface area contributed by atoms with Crippen molar-refractivity contribution < 1.29 is 19.1 Å². The van der Waals surface area contributed by atoms with E-state index >= 15 is 0 Å². The van der Waals surface area contributed by atoms with E-state index in [1.165, 1.54) is 35.1 Å². The zero-order chi connectivity index (χ0) is 29.9. The second-order valence-electron chi connectivity index (χ2n) is 10.3. The predicted octanol–water partition coefficient (Wildman–Crippen LogP) is 7.32. The topological polar surface area (TPSA) is 62.3 Å². The number of methoxy groups -OCH3 is 2. The standard InChI is InChI=1S/C35H39N3O4/c1-36(34(39)41-3)31-19-15-29(16-20-31)33(30-17-21-32(22-18-30)37(2)35(40)42-4)23-24-38(25-27-11-7-5-8-12-27)26-28-13-9-6-10-14-28/h5-22,33H,23-26H2,1-4H3. The number of hydrogen-bond donors (Lipinski definition) is 0. The van der Waals surface area contributed by atoms with Gasteiger partial charge < -0.3 is 9.47 Å². The van der Waals surface area contributed by atoms with E-state index < -0.39 is 12.2 Å². The number of anilines is 2. The van der Waals surface area contributed by atoms with Crippen molar-refractivity contribution in [3.63, 3.8) is 0 Å². The summed E-state index contributed by atoms with van der Waals surface area (Å²) in [6.07, 6.45) is 0.0436. The number of benzene rings is 4. The Kier molecular flexibility index (Phi) is 10.7. The van der Waals surface area contributed by atoms with Crippen LogP contribution in [0.4, 0.5) is 21.0 Å². The average molecular weight is 566 g/mol. The highest BCUT2D eigenvalue weighted by Gasteiger charge is 2.19. The van der Waals surface area contributed by atoms with Crippen LogP contribution in [0.2, 0.25) is 0 Å². The van der Waals surface area contributed by atoms with Gasteiger partial charge in [0.2, 0.25) is 0 Å². The maximum absolute atomic E-state index is 12.0. The van der Waals surface area contributed by atoms with Crippen molar-refractivity contribution in [2.24, 2.45) is 0 Å². The molecule has 7 heteroatoms. The van der Waals surface area contributed by atoms with Crippen molar-refractivity contribution in [3.8, 4) is 0 Å². The average Bonchev–Trinajstić information content (AvgIpc) is 3.04. The normalized spacial score (nSPS) is 10.9. The van der Waals surface area contributed by atoms with Gasteiger partial charge in [-0.25, -0.2) is 9.59 Å². The second kappa shape index (κ2) is 14.8. The summed E-state index contributed by atoms with van der Waals surface area (Å²) in [4.78, 5) is 29.5. The maximum Gasteiger partial charge on any atom is 0.413 e. The van der Waals surface area contributed by atoms with Crippen molar-refractivity contribution in [2.75, 3.05) is 44.7 Å². The van der Waals surface area contributed by atoms with Crippen molar-refractivity contribution in [1.29, 1.82) is 0 Å². The lowest BCUT2D eigenvalue weighted by Gasteiger charge is -2.27. The lowest BCUT2D eigenvalue weighted by Crippen LogP contribution is -2.26. The molecule has 0 radical (unpaired) electrons. The minimum Gasteiger partial charge on any atom is -0.452 e. The first-order valence-electron chi connectivity index (χ1n) is 14.0. The molecule has 0 aliphatic rings. The summed E-state index contributed by atoms with van der Waals surface area (Å²) in [5, 5.41) is 0. The van der Waals surface area contributed by atoms with Gasteiger partial charge in [-0.1, -0.05) is 84.9 Å². The van der Waals surface area contributed by atoms with Crippen molar-refractivity contribution >= 4 is 23.6 Å². The molecular formula is C35H39N3O4. The highest BCUT2D eigenvalue weighted by molar-refractivity contribution is 5.87. The van der Waals surface area contributed by atoms with E-state index in [4.69, 9.17) is 9.47 Å². The largest absolute Gasteiger partial charge is 0.452 e. The zero-order valence-electron chi connectivity index (χ0n) is 24.8. The van der Waals surface area contributed by atoms with Crippen LogP contribution in [0.3, 0.4) is 0 Å². The predicted molar refractivity (Wildman–Crippen MR) is 168 cm³/mol. The molecule has 0 atom stereocenters. The Labute approximate surface area is 248 Å². The summed E-state index contributed by atoms with van der Waals surface area (Å²) in [5.41, 5.74) is 6.35. The summed E-state index contributed by atoms with van der Waals surface area (Å²) < 4.78 is 9.75. The number of ether oxygens (including phenoxy) is 2. The van der Waals surface area contributed by atoms with Crippen molar-refractivity contribution in [3.05, 3.63) is 131 Å². The number of nitrogens with zero attached hydrogens (tertiary/aromatic N) is 3. The molecule has 0 N–H and O–H groups in total. The highest BCUT2D eigenvalue weighted by Crippen LogP contribution is 2.32. The maximum atomic E-state index is 12.0. The van der Waals surface area contributed by atoms with E-state index in [0.29, 0.717) is 0 Å². The Morgan fingerprint density at radius 3 is 1.33 bits per heavy atom. The smallest absolute Gasteiger partial charge is 0.413 e. The van der Waals surface area contributed by atoms with Crippen LogP contribution in [-0.2, 0) is 22.6 Å². The van der Waals surface area contributed by atoms with Gasteiger partial charge in [0.15, 0.2) is 0 Å². The zero-order valence-corrected chi connectivity index (χ0v) is 24.8. The Morgan fingerprint density at radius 1 is 0.595 bits per heavy atom. The van der Waals surface area contributed by atoms with Gasteiger partial charge in [-0.2, -0.15) is 0 Å². The van der Waals surface area contributed by atoms with Gasteiger partial charge in [-0.05, 0) is 59.5 Å². The lowest BCUT2D eigenvalue weighted by atomic mass is 9.88. The molecule has 4 aromatic rings. The first kappa shape index (κ1) is 30.3. The van der Waals surface area contributed by atoms with Gasteiger partial charge in [-0.3, -0.25) is 14.7 Å². The molecule has 0 aliphatic heterocycles. The second-order valence-corrected chi connectivity index (χ2v) is 10.3. The SMILES string of the molecule is COC(=O)N(C)c1ccc(C(CCN(Cc2ccccc2)Cc2ccccc2)c2ccc(N(C)C(=O)OC)cc2)cc1. The molecule has 2 amide bonds. The molecule has 0 heterocycles. The van der Waals surface area contributed by atoms with Crippen LogP contribution in [0.5, 0.6) is 0 Å². The fraction of sp³-hybridized carbons (Fsp3) is 0.257. The molecule has 4 rings (SSSR count). The molecule has 0 saturated carbocycles. The van der Waals surface area contributed by atoms with Crippen LogP contribution in [0.1, 0.15) is 34.6 Å². The quantitative estimate of drug-likeness (QED) is 0.191. The third-order valence-electron chi connectivity index (χ3n) is 7.49. The summed E-state index contributed by atoms with van der Waals surface area (Å²) in [6, 6.07) is 37.2. The molecule has 0 aliphatic carbocycles. The third kappa shape index (κ3) is 7.98. The molecule has 42 heavy (non-hydrogen) atoms. The van der Waals surface area contributed by atoms with Crippen LogP contribution >= 0.6 is 0 Å². The molecular weight excluding hydrogens is 526 g/mol. The van der Waals surface area contributed by atoms with Gasteiger partial charge in [0.05, 0.1) is 14.2 Å². The number of amides is 2. The molecule has 0 spiro atoms. The first-order chi connectivity index (χ1) is 20.4. The Balaban J connectivity index is 1.62. The van der Waals surface area contributed by atoms with E-state index in [9.17, 15) is 9.59 Å². The van der Waals surface area contributed by atoms with E-state index in [-0.39, 0.29) is 5.92 Å². The summed E-state index contributed by atoms with van der Waals surface area (Å²) >= 11 is 0. The van der Waals surface area contributed by atoms with Crippen LogP contribution in [0, 0.1) is 0 Å². The van der Waals surface area contributed by atoms with Crippen LogP contribution < -0.4 is 9.80 Å². The lowest BCUT2D eigenvalue weighted by molar-refractivity contribution is 0.179. The van der Waals surface area contributed by atoms with Crippen LogP contribution in [-0.4, -0.2) is 51.9 Å². The van der Waals surface area contributed by atoms with E-state index in [2.05, 4.69) is 77.7 Å². The molecule has 0 bridgehead atoms. The summed E-state index contributed by atoms with van der Waals surface area (Å²) in [7, 11) is 6.14. The van der Waals surface area contributed by atoms with Gasteiger partial charge in [0.25, 0.3) is 0 Å². The summed E-state index contributed by atoms with van der Waals surface area (Å²) in [6.45, 7) is 2.55. The number of hydrogen-bond acceptors (Lipinski definition) is 5. The molecule has 0 saturated heterocycles. The van der Waals surface area contributed by atoms with Gasteiger partial charge in [-0.15, -0.1) is 0 Å². The van der Waals surface area contributed by atoms with Gasteiger partial charge in [0, 0.05) is 44.5 Å². The van der Waals surface area contributed by atoms with Crippen molar-refractivity contribution in [2.45, 2.75) is 25.4 Å². The fourth-order valence-electron chi connectivity index (χ4n) is 5.08. The fourth-order valence-corrected chi connectivity index (χ4v) is 5.08. The van der Waals surface area contributed by atoms with E-state index in [1.54, 1.807) is 14.1 Å². The minimum atomic E-state index is -0.415. The monoisotopic (exact) mass is 565 g/mol. The summed E-state index contributed by atoms with van der Waals surface area (Å²) in [5.74, 6) is 0.0917. The molecule has 0 fully saturated rings. The van der Waals surface area contributed by atoms with Gasteiger partial charge >= 0.3 is 12.2 Å². The van der Waals surface area contributed by atoms with Crippen LogP contribution in [0.25, 0.3) is 0 Å². The molecule has 7 nitrogen and oxygen atoms in total. The van der Waals surface area contributed by atoms with Crippen molar-refractivity contribution in [1.82, 2.24) is 4.90 Å². The minimum absolute atomic E-state index is 0.0917. The first-order valence-corrected chi connectivity index (χ1v) is 14.0. The van der Waals surface area contributed by atoms with E-state index in [0.717, 1.165) is 48.6 Å². The molecule has 218 valence electrons. The molecule has 4 aromatic carbocycles. The van der Waals surface area contributed by atoms with E-state index in [1.807, 2.05) is 36.4 Å². The highest BCUT2D eigenvalue weighted by atomic mass is 16.5. The molecule has 0 aromatic heterocycles. The number of carbonyl (C=O) groups is 2. The Hall–Kier alpha value is -4.62. The Bertz CT molecular complexity index is 1300.